The quantitative estimate of drug-likeness (QED) is 0.847. The smallest absolute Gasteiger partial charge is 0.335 e. The van der Waals surface area contributed by atoms with Crippen molar-refractivity contribution in [3.8, 4) is 0 Å². The molecule has 0 unspecified atom stereocenters. The fourth-order valence-corrected chi connectivity index (χ4v) is 1.48. The molecule has 86 valence electrons. The first-order valence-corrected chi connectivity index (χ1v) is 5.18. The van der Waals surface area contributed by atoms with Gasteiger partial charge in [0.1, 0.15) is 0 Å². The van der Waals surface area contributed by atoms with Crippen molar-refractivity contribution in [3.05, 3.63) is 53.9 Å². The van der Waals surface area contributed by atoms with Crippen molar-refractivity contribution in [1.82, 2.24) is 4.98 Å². The molecule has 0 bridgehead atoms. The first kappa shape index (κ1) is 11.1. The Morgan fingerprint density at radius 3 is 2.59 bits per heavy atom. The van der Waals surface area contributed by atoms with Crippen LogP contribution in [0.1, 0.15) is 15.9 Å². The molecule has 0 aliphatic rings. The second kappa shape index (κ2) is 4.65. The third kappa shape index (κ3) is 2.60. The van der Waals surface area contributed by atoms with E-state index in [0.717, 1.165) is 16.9 Å². The van der Waals surface area contributed by atoms with Gasteiger partial charge in [0.05, 0.1) is 5.56 Å². The highest BCUT2D eigenvalue weighted by atomic mass is 16.4. The summed E-state index contributed by atoms with van der Waals surface area (Å²) >= 11 is 0. The van der Waals surface area contributed by atoms with E-state index in [1.54, 1.807) is 30.6 Å². The minimum atomic E-state index is -0.928. The van der Waals surface area contributed by atoms with Gasteiger partial charge in [-0.05, 0) is 36.8 Å². The summed E-state index contributed by atoms with van der Waals surface area (Å²) in [4.78, 5) is 14.8. The van der Waals surface area contributed by atoms with E-state index in [-0.39, 0.29) is 5.56 Å². The number of benzene rings is 1. The van der Waals surface area contributed by atoms with Crippen LogP contribution in [0.25, 0.3) is 0 Å². The topological polar surface area (TPSA) is 62.2 Å². The van der Waals surface area contributed by atoms with Crippen molar-refractivity contribution in [1.29, 1.82) is 0 Å². The summed E-state index contributed by atoms with van der Waals surface area (Å²) in [7, 11) is 0. The number of carbonyl (C=O) groups is 1. The van der Waals surface area contributed by atoms with Crippen molar-refractivity contribution >= 4 is 17.3 Å². The zero-order chi connectivity index (χ0) is 12.3. The average Bonchev–Trinajstić information content (AvgIpc) is 2.33. The Labute approximate surface area is 98.9 Å². The summed E-state index contributed by atoms with van der Waals surface area (Å²) < 4.78 is 0. The Bertz CT molecular complexity index is 538. The van der Waals surface area contributed by atoms with Crippen LogP contribution in [0.3, 0.4) is 0 Å². The number of rotatable bonds is 3. The van der Waals surface area contributed by atoms with Crippen LogP contribution < -0.4 is 5.32 Å². The van der Waals surface area contributed by atoms with Crippen LogP contribution in [-0.4, -0.2) is 16.1 Å². The van der Waals surface area contributed by atoms with Gasteiger partial charge in [-0.1, -0.05) is 6.07 Å². The van der Waals surface area contributed by atoms with Crippen LogP contribution in [0.15, 0.2) is 42.7 Å². The Morgan fingerprint density at radius 2 is 1.94 bits per heavy atom. The molecule has 4 heteroatoms. The molecule has 0 aliphatic carbocycles. The molecule has 0 amide bonds. The van der Waals surface area contributed by atoms with E-state index >= 15 is 0 Å². The molecule has 1 aromatic carbocycles. The van der Waals surface area contributed by atoms with Crippen LogP contribution in [0.2, 0.25) is 0 Å². The number of aromatic nitrogens is 1. The molecule has 0 aliphatic heterocycles. The molecule has 0 saturated heterocycles. The number of aromatic carboxylic acids is 1. The summed E-state index contributed by atoms with van der Waals surface area (Å²) in [5, 5.41) is 12.1. The molecule has 17 heavy (non-hydrogen) atoms. The van der Waals surface area contributed by atoms with E-state index in [9.17, 15) is 4.79 Å². The predicted octanol–water partition coefficient (Wildman–Crippen LogP) is 2.83. The first-order valence-electron chi connectivity index (χ1n) is 5.18. The first-order chi connectivity index (χ1) is 8.16. The van der Waals surface area contributed by atoms with Crippen molar-refractivity contribution in [3.63, 3.8) is 0 Å². The van der Waals surface area contributed by atoms with Crippen LogP contribution in [0.5, 0.6) is 0 Å². The van der Waals surface area contributed by atoms with Gasteiger partial charge in [-0.3, -0.25) is 4.98 Å². The van der Waals surface area contributed by atoms with E-state index in [4.69, 9.17) is 5.11 Å². The zero-order valence-electron chi connectivity index (χ0n) is 9.34. The molecule has 0 atom stereocenters. The number of hydrogen-bond acceptors (Lipinski definition) is 3. The third-order valence-electron chi connectivity index (χ3n) is 2.44. The molecule has 2 aromatic rings. The zero-order valence-corrected chi connectivity index (χ0v) is 9.34. The number of carboxylic acid groups (broad SMARTS) is 1. The Balaban J connectivity index is 2.32. The van der Waals surface area contributed by atoms with Gasteiger partial charge in [-0.15, -0.1) is 0 Å². The monoisotopic (exact) mass is 228 g/mol. The number of nitrogens with one attached hydrogen (secondary N) is 1. The summed E-state index contributed by atoms with van der Waals surface area (Å²) in [6.45, 7) is 1.93. The standard InChI is InChI=1S/C13H12N2O2/c1-9-2-3-10(13(16)17)8-12(9)15-11-4-6-14-7-5-11/h2-8H,1H3,(H,14,15)(H,16,17). The highest BCUT2D eigenvalue weighted by molar-refractivity contribution is 5.89. The van der Waals surface area contributed by atoms with Crippen molar-refractivity contribution in [2.75, 3.05) is 5.32 Å². The highest BCUT2D eigenvalue weighted by Gasteiger charge is 2.06. The van der Waals surface area contributed by atoms with Gasteiger partial charge in [0.2, 0.25) is 0 Å². The minimum Gasteiger partial charge on any atom is -0.478 e. The van der Waals surface area contributed by atoms with Gasteiger partial charge in [0.15, 0.2) is 0 Å². The Morgan fingerprint density at radius 1 is 1.24 bits per heavy atom. The van der Waals surface area contributed by atoms with E-state index in [2.05, 4.69) is 10.3 Å². The number of aryl methyl sites for hydroxylation is 1. The van der Waals surface area contributed by atoms with E-state index < -0.39 is 5.97 Å². The third-order valence-corrected chi connectivity index (χ3v) is 2.44. The lowest BCUT2D eigenvalue weighted by Crippen LogP contribution is -1.99. The van der Waals surface area contributed by atoms with Crippen molar-refractivity contribution in [2.45, 2.75) is 6.92 Å². The number of anilines is 2. The average molecular weight is 228 g/mol. The van der Waals surface area contributed by atoms with Crippen molar-refractivity contribution in [2.24, 2.45) is 0 Å². The summed E-state index contributed by atoms with van der Waals surface area (Å²) in [6.07, 6.45) is 3.36. The molecule has 0 spiro atoms. The van der Waals surface area contributed by atoms with Crippen LogP contribution in [0.4, 0.5) is 11.4 Å². The van der Waals surface area contributed by atoms with E-state index in [0.29, 0.717) is 0 Å². The molecule has 0 fully saturated rings. The molecule has 2 N–H and O–H groups in total. The molecular weight excluding hydrogens is 216 g/mol. The number of pyridine rings is 1. The lowest BCUT2D eigenvalue weighted by Gasteiger charge is -2.10. The summed E-state index contributed by atoms with van der Waals surface area (Å²) in [5.41, 5.74) is 2.93. The van der Waals surface area contributed by atoms with Gasteiger partial charge in [-0.2, -0.15) is 0 Å². The van der Waals surface area contributed by atoms with Gasteiger partial charge in [-0.25, -0.2) is 4.79 Å². The Hall–Kier alpha value is -2.36. The predicted molar refractivity (Wildman–Crippen MR) is 65.7 cm³/mol. The van der Waals surface area contributed by atoms with Gasteiger partial charge < -0.3 is 10.4 Å². The van der Waals surface area contributed by atoms with Gasteiger partial charge in [0.25, 0.3) is 0 Å². The van der Waals surface area contributed by atoms with Crippen LogP contribution in [0, 0.1) is 6.92 Å². The van der Waals surface area contributed by atoms with Gasteiger partial charge >= 0.3 is 5.97 Å². The molecule has 1 aromatic heterocycles. The number of nitrogens with zero attached hydrogens (tertiary/aromatic N) is 1. The number of carboxylic acids is 1. The second-order valence-corrected chi connectivity index (χ2v) is 3.70. The van der Waals surface area contributed by atoms with Crippen LogP contribution in [-0.2, 0) is 0 Å². The molecule has 0 radical (unpaired) electrons. The molecule has 4 nitrogen and oxygen atoms in total. The SMILES string of the molecule is Cc1ccc(C(=O)O)cc1Nc1ccncc1. The highest BCUT2D eigenvalue weighted by Crippen LogP contribution is 2.21. The fraction of sp³-hybridized carbons (Fsp3) is 0.0769. The van der Waals surface area contributed by atoms with Crippen molar-refractivity contribution < 1.29 is 9.90 Å². The maximum Gasteiger partial charge on any atom is 0.335 e. The summed E-state index contributed by atoms with van der Waals surface area (Å²) in [5.74, 6) is -0.928. The van der Waals surface area contributed by atoms with Gasteiger partial charge in [0, 0.05) is 23.8 Å². The fourth-order valence-electron chi connectivity index (χ4n) is 1.48. The largest absolute Gasteiger partial charge is 0.478 e. The Kier molecular flexibility index (Phi) is 3.05. The van der Waals surface area contributed by atoms with E-state index in [1.807, 2.05) is 19.1 Å². The van der Waals surface area contributed by atoms with Crippen LogP contribution >= 0.6 is 0 Å². The molecule has 1 heterocycles. The maximum atomic E-state index is 10.9. The maximum absolute atomic E-state index is 10.9. The molecule has 2 rings (SSSR count). The van der Waals surface area contributed by atoms with E-state index in [1.165, 1.54) is 0 Å². The normalized spacial score (nSPS) is 9.94. The summed E-state index contributed by atoms with van der Waals surface area (Å²) in [6, 6.07) is 8.65. The second-order valence-electron chi connectivity index (χ2n) is 3.70. The lowest BCUT2D eigenvalue weighted by atomic mass is 10.1. The number of hydrogen-bond donors (Lipinski definition) is 2. The molecule has 0 saturated carbocycles. The molecular formula is C13H12N2O2. The lowest BCUT2D eigenvalue weighted by molar-refractivity contribution is 0.0697. The minimum absolute atomic E-state index is 0.271.